The number of Topliss-reactive ketones (excluding diaryl/α,β-unsaturated/α-hetero) is 1. The number of nitrogens with one attached hydrogen (secondary N) is 1. The summed E-state index contributed by atoms with van der Waals surface area (Å²) in [5.41, 5.74) is 3.74. The monoisotopic (exact) mass is 560 g/mol. The Hall–Kier alpha value is -2.61. The Bertz CT molecular complexity index is 737. The minimum atomic E-state index is -0.506. The maximum atomic E-state index is 12.0. The second-order valence-corrected chi connectivity index (χ2v) is 9.70. The molecule has 13 nitrogen and oxygen atoms in total. The van der Waals surface area contributed by atoms with Crippen LogP contribution in [0.15, 0.2) is 0 Å². The smallest absolute Gasteiger partial charge is 0.246 e. The lowest BCUT2D eigenvalue weighted by Crippen LogP contribution is -2.50. The Kier molecular flexibility index (Phi) is 21.7. The highest BCUT2D eigenvalue weighted by molar-refractivity contribution is 5.84. The van der Waals surface area contributed by atoms with Gasteiger partial charge in [0.15, 0.2) is 0 Å². The van der Waals surface area contributed by atoms with E-state index in [0.29, 0.717) is 66.7 Å². The first-order chi connectivity index (χ1) is 18.6. The van der Waals surface area contributed by atoms with Crippen LogP contribution in [0.25, 0.3) is 0 Å². The number of carbonyl (C=O) groups is 5. The number of quaternary nitrogens is 1. The minimum Gasteiger partial charge on any atom is -0.358 e. The molecule has 0 aromatic rings. The van der Waals surface area contributed by atoms with E-state index < -0.39 is 17.7 Å². The predicted octanol–water partition coefficient (Wildman–Crippen LogP) is 1.44. The van der Waals surface area contributed by atoms with Crippen LogP contribution in [0, 0.1) is 0 Å². The highest BCUT2D eigenvalue weighted by atomic mass is 16.5. The molecular weight excluding hydrogens is 510 g/mol. The summed E-state index contributed by atoms with van der Waals surface area (Å²) >= 11 is 0. The van der Waals surface area contributed by atoms with Gasteiger partial charge in [0.2, 0.25) is 23.6 Å². The summed E-state index contributed by atoms with van der Waals surface area (Å²) in [5, 5.41) is 33.5. The minimum absolute atomic E-state index is 0.00398. The van der Waals surface area contributed by atoms with Gasteiger partial charge in [-0.15, -0.1) is 0 Å². The first kappa shape index (κ1) is 36.4. The molecule has 0 spiro atoms. The van der Waals surface area contributed by atoms with Crippen molar-refractivity contribution in [2.24, 2.45) is 0 Å². The van der Waals surface area contributed by atoms with E-state index in [0.717, 1.165) is 32.2 Å². The number of amides is 4. The molecule has 226 valence electrons. The fraction of sp³-hybridized carbons (Fsp3) is 0.808. The summed E-state index contributed by atoms with van der Waals surface area (Å²) in [6, 6.07) is 0. The van der Waals surface area contributed by atoms with Crippen LogP contribution in [0.4, 0.5) is 0 Å². The van der Waals surface area contributed by atoms with Gasteiger partial charge in [0.05, 0.1) is 6.54 Å². The zero-order valence-corrected chi connectivity index (χ0v) is 23.6. The van der Waals surface area contributed by atoms with Crippen LogP contribution in [-0.2, 0) is 24.0 Å². The van der Waals surface area contributed by atoms with E-state index in [2.05, 4.69) is 11.1 Å². The average molecular weight is 561 g/mol. The van der Waals surface area contributed by atoms with Crippen molar-refractivity contribution in [3.63, 3.8) is 0 Å². The molecule has 0 fully saturated rings. The highest BCUT2D eigenvalue weighted by Crippen LogP contribution is 2.08. The predicted molar refractivity (Wildman–Crippen MR) is 141 cm³/mol. The molecule has 0 rings (SSSR count). The molecule has 7 N–H and O–H groups in total. The van der Waals surface area contributed by atoms with Gasteiger partial charge in [0.25, 0.3) is 0 Å². The molecule has 0 heterocycles. The zero-order chi connectivity index (χ0) is 29.5. The number of hydroxylamine groups is 6. The lowest BCUT2D eigenvalue weighted by Gasteiger charge is -2.15. The Morgan fingerprint density at radius 3 is 1.64 bits per heavy atom. The summed E-state index contributed by atoms with van der Waals surface area (Å²) < 4.78 is 0. The SMILES string of the molecule is CC(=O)N(O)CCCCCCC(=O)CCC(=O)N(O)CCCCCNC(=O)CCC(=O)N(O)CCCCC[NH3+]. The number of carbonyl (C=O) groups excluding carboxylic acids is 5. The quantitative estimate of drug-likeness (QED) is 0.0664. The largest absolute Gasteiger partial charge is 0.358 e. The second-order valence-electron chi connectivity index (χ2n) is 9.70. The van der Waals surface area contributed by atoms with E-state index >= 15 is 0 Å². The number of rotatable bonds is 24. The number of unbranched alkanes of at least 4 members (excludes halogenated alkanes) is 7. The lowest BCUT2D eigenvalue weighted by atomic mass is 10.1. The van der Waals surface area contributed by atoms with E-state index in [-0.39, 0.29) is 57.0 Å². The van der Waals surface area contributed by atoms with Crippen LogP contribution in [0.3, 0.4) is 0 Å². The lowest BCUT2D eigenvalue weighted by molar-refractivity contribution is -0.368. The molecule has 0 radical (unpaired) electrons. The van der Waals surface area contributed by atoms with Gasteiger partial charge < -0.3 is 11.1 Å². The van der Waals surface area contributed by atoms with Crippen molar-refractivity contribution in [3.05, 3.63) is 0 Å². The van der Waals surface area contributed by atoms with E-state index in [1.54, 1.807) is 0 Å². The molecule has 0 aliphatic carbocycles. The number of ketones is 1. The fourth-order valence-corrected chi connectivity index (χ4v) is 3.69. The van der Waals surface area contributed by atoms with Crippen molar-refractivity contribution in [2.75, 3.05) is 32.7 Å². The Morgan fingerprint density at radius 2 is 1.08 bits per heavy atom. The van der Waals surface area contributed by atoms with Gasteiger partial charge in [-0.25, -0.2) is 15.2 Å². The zero-order valence-electron chi connectivity index (χ0n) is 23.6. The van der Waals surface area contributed by atoms with Gasteiger partial charge >= 0.3 is 0 Å². The van der Waals surface area contributed by atoms with E-state index in [9.17, 15) is 39.6 Å². The number of hydrogen-bond donors (Lipinski definition) is 5. The van der Waals surface area contributed by atoms with E-state index in [1.165, 1.54) is 6.92 Å². The van der Waals surface area contributed by atoms with Gasteiger partial charge in [-0.2, -0.15) is 0 Å². The second kappa shape index (κ2) is 23.3. The van der Waals surface area contributed by atoms with Gasteiger partial charge in [0.1, 0.15) is 5.78 Å². The van der Waals surface area contributed by atoms with Crippen LogP contribution < -0.4 is 11.1 Å². The standard InChI is InChI=1S/C26H49N5O8/c1-22(32)29(37)19-9-3-2-6-12-23(33)13-15-25(35)30(38)21-11-5-8-18-28-24(34)14-16-26(36)31(39)20-10-4-7-17-27/h37-39H,2-21,27H2,1H3,(H,28,34)/p+1. The summed E-state index contributed by atoms with van der Waals surface area (Å²) in [6.07, 6.45) is 7.56. The molecule has 0 atom stereocenters. The molecule has 0 aliphatic heterocycles. The molecule has 0 saturated heterocycles. The topological polar surface area (TPSA) is 195 Å². The van der Waals surface area contributed by atoms with Crippen molar-refractivity contribution in [2.45, 2.75) is 103 Å². The first-order valence-corrected chi connectivity index (χ1v) is 14.1. The van der Waals surface area contributed by atoms with E-state index in [1.807, 2.05) is 0 Å². The van der Waals surface area contributed by atoms with Crippen molar-refractivity contribution < 1.29 is 45.3 Å². The molecule has 0 aromatic heterocycles. The summed E-state index contributed by atoms with van der Waals surface area (Å²) in [6.45, 7) is 3.16. The van der Waals surface area contributed by atoms with Gasteiger partial charge in [-0.1, -0.05) is 12.8 Å². The molecule has 39 heavy (non-hydrogen) atoms. The third-order valence-corrected chi connectivity index (χ3v) is 6.19. The molecule has 0 bridgehead atoms. The maximum Gasteiger partial charge on any atom is 0.246 e. The summed E-state index contributed by atoms with van der Waals surface area (Å²) in [7, 11) is 0. The third kappa shape index (κ3) is 21.0. The Morgan fingerprint density at radius 1 is 0.590 bits per heavy atom. The molecule has 4 amide bonds. The van der Waals surface area contributed by atoms with Crippen LogP contribution >= 0.6 is 0 Å². The number of nitrogens with zero attached hydrogens (tertiary/aromatic N) is 3. The normalized spacial score (nSPS) is 10.7. The van der Waals surface area contributed by atoms with E-state index in [4.69, 9.17) is 0 Å². The van der Waals surface area contributed by atoms with Gasteiger partial charge in [-0.05, 0) is 51.4 Å². The average Bonchev–Trinajstić information content (AvgIpc) is 2.91. The molecular formula is C26H50N5O8+. The molecule has 13 heteroatoms. The Labute approximate surface area is 231 Å². The van der Waals surface area contributed by atoms with Crippen LogP contribution in [0.5, 0.6) is 0 Å². The molecule has 0 aromatic carbocycles. The van der Waals surface area contributed by atoms with Crippen LogP contribution in [0.2, 0.25) is 0 Å². The van der Waals surface area contributed by atoms with Crippen molar-refractivity contribution in [1.29, 1.82) is 0 Å². The number of hydrogen-bond acceptors (Lipinski definition) is 8. The fourth-order valence-electron chi connectivity index (χ4n) is 3.69. The summed E-state index contributed by atoms with van der Waals surface area (Å²) in [4.78, 5) is 58.6. The van der Waals surface area contributed by atoms with Crippen molar-refractivity contribution in [3.8, 4) is 0 Å². The molecule has 0 aliphatic rings. The Balaban J connectivity index is 3.75. The van der Waals surface area contributed by atoms with Crippen LogP contribution in [-0.4, -0.2) is 92.9 Å². The summed E-state index contributed by atoms with van der Waals surface area (Å²) in [5.74, 6) is -1.71. The van der Waals surface area contributed by atoms with Gasteiger partial charge in [-0.3, -0.25) is 39.6 Å². The van der Waals surface area contributed by atoms with Gasteiger partial charge in [0, 0.05) is 65.2 Å². The van der Waals surface area contributed by atoms with Crippen molar-refractivity contribution in [1.82, 2.24) is 20.5 Å². The van der Waals surface area contributed by atoms with Crippen LogP contribution in [0.1, 0.15) is 103 Å². The first-order valence-electron chi connectivity index (χ1n) is 14.1. The molecule has 0 unspecified atom stereocenters. The third-order valence-electron chi connectivity index (χ3n) is 6.19. The molecule has 0 saturated carbocycles. The van der Waals surface area contributed by atoms with Crippen molar-refractivity contribution >= 4 is 29.4 Å². The maximum absolute atomic E-state index is 12.0. The highest BCUT2D eigenvalue weighted by Gasteiger charge is 2.14.